The Morgan fingerprint density at radius 2 is 1.70 bits per heavy atom. The van der Waals surface area contributed by atoms with Gasteiger partial charge in [-0.25, -0.2) is 0 Å². The summed E-state index contributed by atoms with van der Waals surface area (Å²) in [6, 6.07) is 12.7. The van der Waals surface area contributed by atoms with Crippen LogP contribution < -0.4 is 10.5 Å². The number of benzene rings is 2. The van der Waals surface area contributed by atoms with Gasteiger partial charge in [0.05, 0.1) is 7.11 Å². The molecule has 2 aromatic carbocycles. The molecule has 1 fully saturated rings. The maximum Gasteiger partial charge on any atom is 0.126 e. The van der Waals surface area contributed by atoms with E-state index in [9.17, 15) is 0 Å². The Bertz CT molecular complexity index is 578. The largest absolute Gasteiger partial charge is 0.496 e. The summed E-state index contributed by atoms with van der Waals surface area (Å²) in [5.74, 6) is 1.56. The highest BCUT2D eigenvalue weighted by molar-refractivity contribution is 5.91. The third-order valence-corrected chi connectivity index (χ3v) is 4.40. The molecular formula is C17H22ClNO. The van der Waals surface area contributed by atoms with Gasteiger partial charge in [-0.1, -0.05) is 43.2 Å². The molecule has 0 aliphatic heterocycles. The van der Waals surface area contributed by atoms with Crippen LogP contribution in [0.5, 0.6) is 5.75 Å². The molecule has 3 rings (SSSR count). The third kappa shape index (κ3) is 2.63. The van der Waals surface area contributed by atoms with Gasteiger partial charge in [0, 0.05) is 11.4 Å². The van der Waals surface area contributed by atoms with Gasteiger partial charge in [-0.3, -0.25) is 0 Å². The first kappa shape index (κ1) is 15.1. The predicted octanol–water partition coefficient (Wildman–Crippen LogP) is 4.46. The maximum atomic E-state index is 6.52. The maximum absolute atomic E-state index is 6.52. The van der Waals surface area contributed by atoms with Gasteiger partial charge in [0.15, 0.2) is 0 Å². The molecule has 0 saturated heterocycles. The number of halogens is 1. The molecule has 2 N–H and O–H groups in total. The van der Waals surface area contributed by atoms with Crippen molar-refractivity contribution in [1.82, 2.24) is 0 Å². The number of ether oxygens (including phenoxy) is 1. The monoisotopic (exact) mass is 291 g/mol. The highest BCUT2D eigenvalue weighted by Gasteiger charge is 2.24. The second kappa shape index (κ2) is 6.47. The zero-order valence-electron chi connectivity index (χ0n) is 11.8. The lowest BCUT2D eigenvalue weighted by Crippen LogP contribution is -2.19. The van der Waals surface area contributed by atoms with Crippen LogP contribution in [0.4, 0.5) is 0 Å². The lowest BCUT2D eigenvalue weighted by atomic mass is 9.89. The summed E-state index contributed by atoms with van der Waals surface area (Å²) < 4.78 is 5.45. The average molecular weight is 292 g/mol. The van der Waals surface area contributed by atoms with Crippen molar-refractivity contribution in [3.63, 3.8) is 0 Å². The van der Waals surface area contributed by atoms with Crippen LogP contribution in [-0.4, -0.2) is 7.11 Å². The summed E-state index contributed by atoms with van der Waals surface area (Å²) in [4.78, 5) is 0. The molecule has 0 amide bonds. The Morgan fingerprint density at radius 1 is 1.05 bits per heavy atom. The van der Waals surface area contributed by atoms with E-state index in [0.29, 0.717) is 5.92 Å². The molecule has 0 bridgehead atoms. The summed E-state index contributed by atoms with van der Waals surface area (Å²) in [5.41, 5.74) is 7.78. The van der Waals surface area contributed by atoms with E-state index in [1.54, 1.807) is 7.11 Å². The van der Waals surface area contributed by atoms with E-state index < -0.39 is 0 Å². The van der Waals surface area contributed by atoms with Gasteiger partial charge in [0.1, 0.15) is 5.75 Å². The van der Waals surface area contributed by atoms with E-state index in [2.05, 4.69) is 30.3 Å². The summed E-state index contributed by atoms with van der Waals surface area (Å²) in [6.07, 6.45) is 5.18. The van der Waals surface area contributed by atoms with Crippen LogP contribution in [0.3, 0.4) is 0 Å². The van der Waals surface area contributed by atoms with Crippen LogP contribution >= 0.6 is 12.4 Å². The molecule has 0 spiro atoms. The summed E-state index contributed by atoms with van der Waals surface area (Å²) in [5, 5.41) is 2.40. The van der Waals surface area contributed by atoms with E-state index in [1.165, 1.54) is 36.6 Å². The zero-order valence-corrected chi connectivity index (χ0v) is 12.7. The van der Waals surface area contributed by atoms with Gasteiger partial charge in [-0.2, -0.15) is 0 Å². The minimum Gasteiger partial charge on any atom is -0.496 e. The van der Waals surface area contributed by atoms with Crippen molar-refractivity contribution in [1.29, 1.82) is 0 Å². The molecule has 2 aromatic rings. The molecule has 108 valence electrons. The summed E-state index contributed by atoms with van der Waals surface area (Å²) in [6.45, 7) is 0. The zero-order chi connectivity index (χ0) is 13.2. The van der Waals surface area contributed by atoms with Gasteiger partial charge < -0.3 is 10.5 Å². The summed E-state index contributed by atoms with van der Waals surface area (Å²) >= 11 is 0. The quantitative estimate of drug-likeness (QED) is 0.906. The minimum absolute atomic E-state index is 0. The van der Waals surface area contributed by atoms with Crippen LogP contribution in [0, 0.1) is 5.92 Å². The molecule has 1 atom stereocenters. The van der Waals surface area contributed by atoms with Crippen LogP contribution in [0.15, 0.2) is 36.4 Å². The Balaban J connectivity index is 0.00000147. The number of methoxy groups -OCH3 is 1. The number of nitrogens with two attached hydrogens (primary N) is 1. The van der Waals surface area contributed by atoms with E-state index in [0.717, 1.165) is 11.1 Å². The van der Waals surface area contributed by atoms with E-state index in [-0.39, 0.29) is 18.4 Å². The number of rotatable bonds is 3. The molecule has 0 unspecified atom stereocenters. The number of hydrogen-bond acceptors (Lipinski definition) is 2. The first-order valence-electron chi connectivity index (χ1n) is 7.12. The van der Waals surface area contributed by atoms with E-state index in [1.807, 2.05) is 6.07 Å². The SMILES string of the molecule is COc1ccc([C@@H](N)C2CCCC2)c2ccccc12.Cl. The lowest BCUT2D eigenvalue weighted by molar-refractivity contribution is 0.418. The van der Waals surface area contributed by atoms with Crippen molar-refractivity contribution in [2.75, 3.05) is 7.11 Å². The standard InChI is InChI=1S/C17H21NO.ClH/c1-19-16-11-10-15(13-8-4-5-9-14(13)16)17(18)12-6-2-3-7-12;/h4-5,8-12,17H,2-3,6-7,18H2,1H3;1H/t17-;/m0./s1. The van der Waals surface area contributed by atoms with Gasteiger partial charge in [-0.05, 0) is 35.8 Å². The van der Waals surface area contributed by atoms with Crippen molar-refractivity contribution in [3.05, 3.63) is 42.0 Å². The van der Waals surface area contributed by atoms with Crippen LogP contribution in [-0.2, 0) is 0 Å². The molecule has 3 heteroatoms. The highest BCUT2D eigenvalue weighted by Crippen LogP contribution is 2.38. The van der Waals surface area contributed by atoms with Crippen molar-refractivity contribution >= 4 is 23.2 Å². The van der Waals surface area contributed by atoms with Gasteiger partial charge >= 0.3 is 0 Å². The third-order valence-electron chi connectivity index (χ3n) is 4.40. The van der Waals surface area contributed by atoms with E-state index >= 15 is 0 Å². The normalized spacial score (nSPS) is 16.9. The molecule has 1 aliphatic rings. The number of hydrogen-bond donors (Lipinski definition) is 1. The smallest absolute Gasteiger partial charge is 0.126 e. The van der Waals surface area contributed by atoms with Crippen molar-refractivity contribution in [2.24, 2.45) is 11.7 Å². The Labute approximate surface area is 126 Å². The molecule has 1 aliphatic carbocycles. The predicted molar refractivity (Wildman–Crippen MR) is 86.6 cm³/mol. The van der Waals surface area contributed by atoms with Crippen LogP contribution in [0.25, 0.3) is 10.8 Å². The summed E-state index contributed by atoms with van der Waals surface area (Å²) in [7, 11) is 1.72. The number of fused-ring (bicyclic) bond motifs is 1. The van der Waals surface area contributed by atoms with Crippen LogP contribution in [0.1, 0.15) is 37.3 Å². The molecular weight excluding hydrogens is 270 g/mol. The Hall–Kier alpha value is -1.25. The fourth-order valence-electron chi connectivity index (χ4n) is 3.33. The molecule has 0 aromatic heterocycles. The van der Waals surface area contributed by atoms with Gasteiger partial charge in [-0.15, -0.1) is 12.4 Å². The van der Waals surface area contributed by atoms with Gasteiger partial charge in [0.25, 0.3) is 0 Å². The van der Waals surface area contributed by atoms with Gasteiger partial charge in [0.2, 0.25) is 0 Å². The van der Waals surface area contributed by atoms with Crippen molar-refractivity contribution in [2.45, 2.75) is 31.7 Å². The minimum atomic E-state index is 0. The second-order valence-electron chi connectivity index (χ2n) is 5.47. The Morgan fingerprint density at radius 3 is 2.35 bits per heavy atom. The first-order valence-corrected chi connectivity index (χ1v) is 7.12. The fraction of sp³-hybridized carbons (Fsp3) is 0.412. The lowest BCUT2D eigenvalue weighted by Gasteiger charge is -2.21. The highest BCUT2D eigenvalue weighted by atomic mass is 35.5. The molecule has 0 radical (unpaired) electrons. The molecule has 1 saturated carbocycles. The second-order valence-corrected chi connectivity index (χ2v) is 5.47. The molecule has 20 heavy (non-hydrogen) atoms. The van der Waals surface area contributed by atoms with E-state index in [4.69, 9.17) is 10.5 Å². The molecule has 2 nitrogen and oxygen atoms in total. The first-order chi connectivity index (χ1) is 9.31. The van der Waals surface area contributed by atoms with Crippen molar-refractivity contribution in [3.8, 4) is 5.75 Å². The fourth-order valence-corrected chi connectivity index (χ4v) is 3.33. The average Bonchev–Trinajstić information content (AvgIpc) is 2.99. The Kier molecular flexibility index (Phi) is 4.90. The molecule has 0 heterocycles. The topological polar surface area (TPSA) is 35.2 Å². The van der Waals surface area contributed by atoms with Crippen LogP contribution in [0.2, 0.25) is 0 Å². The van der Waals surface area contributed by atoms with Crippen molar-refractivity contribution < 1.29 is 4.74 Å².